The number of nitrogens with zero attached hydrogens (tertiary/aromatic N) is 1. The van der Waals surface area contributed by atoms with Gasteiger partial charge in [-0.05, 0) is 26.0 Å². The highest BCUT2D eigenvalue weighted by molar-refractivity contribution is 5.67. The third kappa shape index (κ3) is 2.18. The number of hydrogen-bond donors (Lipinski definition) is 1. The first kappa shape index (κ1) is 12.5. The quantitative estimate of drug-likeness (QED) is 0.750. The Balaban J connectivity index is 2.08. The van der Waals surface area contributed by atoms with Crippen LogP contribution in [0.1, 0.15) is 11.3 Å². The summed E-state index contributed by atoms with van der Waals surface area (Å²) in [6, 6.07) is 15.1. The van der Waals surface area contributed by atoms with Crippen LogP contribution in [0.2, 0.25) is 0 Å². The second kappa shape index (κ2) is 4.85. The molecule has 1 N–H and O–H groups in total. The van der Waals surface area contributed by atoms with Crippen LogP contribution in [0.25, 0.3) is 22.8 Å². The molecule has 3 heteroatoms. The molecule has 0 atom stereocenters. The molecule has 0 amide bonds. The molecule has 3 aromatic rings. The van der Waals surface area contributed by atoms with Gasteiger partial charge in [-0.15, -0.1) is 0 Å². The molecule has 3 nitrogen and oxygen atoms in total. The molecule has 2 aromatic carbocycles. The maximum absolute atomic E-state index is 9.87. The minimum Gasteiger partial charge on any atom is -0.507 e. The average Bonchev–Trinajstić information content (AvgIpc) is 2.82. The summed E-state index contributed by atoms with van der Waals surface area (Å²) in [5.74, 6) is 1.35. The summed E-state index contributed by atoms with van der Waals surface area (Å²) >= 11 is 0. The molecule has 0 aliphatic heterocycles. The zero-order chi connectivity index (χ0) is 14.1. The van der Waals surface area contributed by atoms with Gasteiger partial charge in [-0.3, -0.25) is 0 Å². The van der Waals surface area contributed by atoms with Gasteiger partial charge in [0.25, 0.3) is 0 Å². The van der Waals surface area contributed by atoms with E-state index in [1.54, 1.807) is 18.2 Å². The number of oxazole rings is 1. The molecule has 1 heterocycles. The topological polar surface area (TPSA) is 46.3 Å². The molecule has 0 unspecified atom stereocenters. The van der Waals surface area contributed by atoms with Crippen molar-refractivity contribution in [3.05, 3.63) is 59.8 Å². The second-order valence-corrected chi connectivity index (χ2v) is 4.82. The number of benzene rings is 2. The lowest BCUT2D eigenvalue weighted by Gasteiger charge is -2.00. The van der Waals surface area contributed by atoms with Crippen molar-refractivity contribution >= 4 is 0 Å². The predicted molar refractivity (Wildman–Crippen MR) is 78.5 cm³/mol. The van der Waals surface area contributed by atoms with Crippen molar-refractivity contribution in [1.29, 1.82) is 0 Å². The summed E-state index contributed by atoms with van der Waals surface area (Å²) in [5.41, 5.74) is 3.61. The number of phenols is 1. The molecule has 0 aliphatic rings. The number of aromatic hydroxyl groups is 1. The standard InChI is InChI=1S/C17H15NO2/c1-11-7-9-13(10-8-11)16-12(2)18-17(20-16)14-5-3-4-6-15(14)19/h3-10,19H,1-2H3. The zero-order valence-corrected chi connectivity index (χ0v) is 11.4. The number of para-hydroxylation sites is 1. The number of aryl methyl sites for hydroxylation is 2. The van der Waals surface area contributed by atoms with Gasteiger partial charge in [0.1, 0.15) is 5.75 Å². The Morgan fingerprint density at radius 1 is 0.950 bits per heavy atom. The molecule has 0 aliphatic carbocycles. The molecule has 20 heavy (non-hydrogen) atoms. The third-order valence-electron chi connectivity index (χ3n) is 3.24. The van der Waals surface area contributed by atoms with E-state index in [9.17, 15) is 5.11 Å². The van der Waals surface area contributed by atoms with E-state index in [0.717, 1.165) is 17.0 Å². The first-order valence-electron chi connectivity index (χ1n) is 6.48. The van der Waals surface area contributed by atoms with Crippen LogP contribution in [0.5, 0.6) is 5.75 Å². The maximum atomic E-state index is 9.87. The van der Waals surface area contributed by atoms with Crippen molar-refractivity contribution in [2.24, 2.45) is 0 Å². The van der Waals surface area contributed by atoms with Crippen LogP contribution in [0.3, 0.4) is 0 Å². The Labute approximate surface area is 117 Å². The number of hydrogen-bond acceptors (Lipinski definition) is 3. The molecule has 0 saturated heterocycles. The molecular weight excluding hydrogens is 250 g/mol. The van der Waals surface area contributed by atoms with Crippen molar-refractivity contribution in [2.75, 3.05) is 0 Å². The third-order valence-corrected chi connectivity index (χ3v) is 3.24. The van der Waals surface area contributed by atoms with Crippen molar-refractivity contribution in [3.63, 3.8) is 0 Å². The summed E-state index contributed by atoms with van der Waals surface area (Å²) in [6.07, 6.45) is 0. The molecule has 0 spiro atoms. The molecule has 0 radical (unpaired) electrons. The van der Waals surface area contributed by atoms with Gasteiger partial charge in [0.15, 0.2) is 5.76 Å². The average molecular weight is 265 g/mol. The Morgan fingerprint density at radius 3 is 2.35 bits per heavy atom. The van der Waals surface area contributed by atoms with Gasteiger partial charge < -0.3 is 9.52 Å². The first-order valence-corrected chi connectivity index (χ1v) is 6.48. The largest absolute Gasteiger partial charge is 0.507 e. The van der Waals surface area contributed by atoms with Gasteiger partial charge in [0, 0.05) is 5.56 Å². The molecular formula is C17H15NO2. The Kier molecular flexibility index (Phi) is 3.03. The lowest BCUT2D eigenvalue weighted by molar-refractivity contribution is 0.473. The van der Waals surface area contributed by atoms with E-state index in [1.807, 2.05) is 44.2 Å². The second-order valence-electron chi connectivity index (χ2n) is 4.82. The Bertz CT molecular complexity index is 742. The highest BCUT2D eigenvalue weighted by Crippen LogP contribution is 2.33. The van der Waals surface area contributed by atoms with E-state index in [2.05, 4.69) is 4.98 Å². The van der Waals surface area contributed by atoms with Crippen LogP contribution < -0.4 is 0 Å². The van der Waals surface area contributed by atoms with Gasteiger partial charge in [-0.1, -0.05) is 42.0 Å². The minimum atomic E-state index is 0.171. The zero-order valence-electron chi connectivity index (χ0n) is 11.4. The summed E-state index contributed by atoms with van der Waals surface area (Å²) in [7, 11) is 0. The fourth-order valence-corrected chi connectivity index (χ4v) is 2.14. The molecule has 100 valence electrons. The first-order chi connectivity index (χ1) is 9.65. The smallest absolute Gasteiger partial charge is 0.230 e. The Morgan fingerprint density at radius 2 is 1.65 bits per heavy atom. The molecule has 3 rings (SSSR count). The lowest BCUT2D eigenvalue weighted by Crippen LogP contribution is -1.79. The van der Waals surface area contributed by atoms with Crippen molar-refractivity contribution in [1.82, 2.24) is 4.98 Å². The van der Waals surface area contributed by atoms with Gasteiger partial charge in [-0.25, -0.2) is 4.98 Å². The highest BCUT2D eigenvalue weighted by Gasteiger charge is 2.15. The van der Waals surface area contributed by atoms with E-state index in [-0.39, 0.29) is 5.75 Å². The summed E-state index contributed by atoms with van der Waals surface area (Å²) in [6.45, 7) is 3.95. The fourth-order valence-electron chi connectivity index (χ4n) is 2.14. The fraction of sp³-hybridized carbons (Fsp3) is 0.118. The van der Waals surface area contributed by atoms with Crippen LogP contribution in [-0.4, -0.2) is 10.1 Å². The van der Waals surface area contributed by atoms with Gasteiger partial charge in [0.2, 0.25) is 5.89 Å². The number of phenolic OH excluding ortho intramolecular Hbond substituents is 1. The van der Waals surface area contributed by atoms with Gasteiger partial charge in [0.05, 0.1) is 11.3 Å². The van der Waals surface area contributed by atoms with Crippen molar-refractivity contribution < 1.29 is 9.52 Å². The van der Waals surface area contributed by atoms with Crippen molar-refractivity contribution in [2.45, 2.75) is 13.8 Å². The van der Waals surface area contributed by atoms with Crippen LogP contribution in [0, 0.1) is 13.8 Å². The molecule has 0 bridgehead atoms. The van der Waals surface area contributed by atoms with Crippen LogP contribution >= 0.6 is 0 Å². The molecule has 1 aromatic heterocycles. The maximum Gasteiger partial charge on any atom is 0.230 e. The van der Waals surface area contributed by atoms with Crippen LogP contribution in [0.15, 0.2) is 52.9 Å². The Hall–Kier alpha value is -2.55. The monoisotopic (exact) mass is 265 g/mol. The highest BCUT2D eigenvalue weighted by atomic mass is 16.4. The molecule has 0 fully saturated rings. The van der Waals surface area contributed by atoms with Crippen LogP contribution in [0.4, 0.5) is 0 Å². The summed E-state index contributed by atoms with van der Waals surface area (Å²) < 4.78 is 5.84. The van der Waals surface area contributed by atoms with Gasteiger partial charge >= 0.3 is 0 Å². The number of rotatable bonds is 2. The van der Waals surface area contributed by atoms with Crippen LogP contribution in [-0.2, 0) is 0 Å². The number of aromatic nitrogens is 1. The van der Waals surface area contributed by atoms with Crippen molar-refractivity contribution in [3.8, 4) is 28.5 Å². The van der Waals surface area contributed by atoms with E-state index < -0.39 is 0 Å². The lowest BCUT2D eigenvalue weighted by atomic mass is 10.1. The van der Waals surface area contributed by atoms with Gasteiger partial charge in [-0.2, -0.15) is 0 Å². The summed E-state index contributed by atoms with van der Waals surface area (Å²) in [4.78, 5) is 4.41. The van der Waals surface area contributed by atoms with E-state index in [4.69, 9.17) is 4.42 Å². The van der Waals surface area contributed by atoms with E-state index in [0.29, 0.717) is 11.5 Å². The summed E-state index contributed by atoms with van der Waals surface area (Å²) in [5, 5.41) is 9.87. The molecule has 0 saturated carbocycles. The normalized spacial score (nSPS) is 10.7. The van der Waals surface area contributed by atoms with E-state index in [1.165, 1.54) is 5.56 Å². The minimum absolute atomic E-state index is 0.171. The predicted octanol–water partition coefficient (Wildman–Crippen LogP) is 4.33. The van der Waals surface area contributed by atoms with E-state index >= 15 is 0 Å². The SMILES string of the molecule is Cc1ccc(-c2oc(-c3ccccc3O)nc2C)cc1.